The molecule has 0 aliphatic carbocycles. The van der Waals surface area contributed by atoms with Crippen LogP contribution in [0.5, 0.6) is 0 Å². The van der Waals surface area contributed by atoms with Gasteiger partial charge in [0.2, 0.25) is 0 Å². The smallest absolute Gasteiger partial charge is 0.338 e. The summed E-state index contributed by atoms with van der Waals surface area (Å²) in [5.41, 5.74) is 0.240. The van der Waals surface area contributed by atoms with Gasteiger partial charge in [-0.05, 0) is 50.5 Å². The molecule has 2 rings (SSSR count). The van der Waals surface area contributed by atoms with E-state index in [1.807, 2.05) is 49.4 Å². The molecule has 33 heavy (non-hydrogen) atoms. The van der Waals surface area contributed by atoms with Crippen LogP contribution in [0.25, 0.3) is 0 Å². The first-order valence-electron chi connectivity index (χ1n) is 12.1. The minimum absolute atomic E-state index is 0.151. The van der Waals surface area contributed by atoms with Crippen molar-refractivity contribution in [2.45, 2.75) is 77.4 Å². The molecule has 3 unspecified atom stereocenters. The number of carbonyl (C=O) groups excluding carboxylic acids is 2. The lowest BCUT2D eigenvalue weighted by Crippen LogP contribution is -2.48. The van der Waals surface area contributed by atoms with Gasteiger partial charge >= 0.3 is 11.9 Å². The molecule has 0 saturated heterocycles. The normalized spacial score (nSPS) is 14.5. The van der Waals surface area contributed by atoms with Crippen LogP contribution in [0.2, 0.25) is 0 Å². The zero-order valence-electron chi connectivity index (χ0n) is 20.3. The van der Waals surface area contributed by atoms with E-state index in [-0.39, 0.29) is 17.9 Å². The third kappa shape index (κ3) is 7.59. The van der Waals surface area contributed by atoms with Crippen LogP contribution in [0.1, 0.15) is 86.4 Å². The molecule has 0 fully saturated rings. The average molecular weight is 451 g/mol. The van der Waals surface area contributed by atoms with Crippen molar-refractivity contribution in [1.82, 2.24) is 0 Å². The van der Waals surface area contributed by atoms with Gasteiger partial charge < -0.3 is 9.47 Å². The van der Waals surface area contributed by atoms with Crippen molar-refractivity contribution in [2.75, 3.05) is 0 Å². The number of hydrogen-bond donors (Lipinski definition) is 0. The third-order valence-corrected chi connectivity index (χ3v) is 6.16. The largest absolute Gasteiger partial charge is 0.459 e. The fourth-order valence-corrected chi connectivity index (χ4v) is 4.39. The van der Waals surface area contributed by atoms with Gasteiger partial charge in [0.1, 0.15) is 11.7 Å². The Bertz CT molecular complexity index is 862. The standard InChI is InChI=1S/C29H38O4/c1-5-8-20-26(23(4)32-27(30)24-16-12-10-13-17-24)29(21-7-3,22-9-6-2)33-28(31)25-18-14-11-15-19-25/h7,10-19,23,26H,3,5-6,8-9,20-22H2,1-2,4H3. The summed E-state index contributed by atoms with van der Waals surface area (Å²) >= 11 is 0. The van der Waals surface area contributed by atoms with E-state index in [2.05, 4.69) is 20.4 Å². The highest BCUT2D eigenvalue weighted by atomic mass is 16.6. The van der Waals surface area contributed by atoms with Gasteiger partial charge in [-0.2, -0.15) is 0 Å². The highest BCUT2D eigenvalue weighted by Crippen LogP contribution is 2.39. The highest BCUT2D eigenvalue weighted by molar-refractivity contribution is 5.90. The number of benzene rings is 2. The molecule has 4 heteroatoms. The van der Waals surface area contributed by atoms with Crippen LogP contribution in [0, 0.1) is 5.92 Å². The van der Waals surface area contributed by atoms with Gasteiger partial charge in [-0.25, -0.2) is 9.59 Å². The molecule has 4 nitrogen and oxygen atoms in total. The lowest BCUT2D eigenvalue weighted by molar-refractivity contribution is -0.0942. The molecule has 0 N–H and O–H groups in total. The first-order valence-corrected chi connectivity index (χ1v) is 12.1. The second-order valence-corrected chi connectivity index (χ2v) is 8.64. The quantitative estimate of drug-likeness (QED) is 0.222. The summed E-state index contributed by atoms with van der Waals surface area (Å²) in [6.45, 7) is 10.1. The fraction of sp³-hybridized carbons (Fsp3) is 0.448. The lowest BCUT2D eigenvalue weighted by Gasteiger charge is -2.42. The molecule has 178 valence electrons. The number of esters is 2. The molecular weight excluding hydrogens is 412 g/mol. The lowest BCUT2D eigenvalue weighted by atomic mass is 9.74. The molecule has 0 aliphatic heterocycles. The Morgan fingerprint density at radius 3 is 1.97 bits per heavy atom. The Labute approximate surface area is 199 Å². The van der Waals surface area contributed by atoms with Crippen LogP contribution >= 0.6 is 0 Å². The van der Waals surface area contributed by atoms with Crippen LogP contribution < -0.4 is 0 Å². The molecule has 0 radical (unpaired) electrons. The van der Waals surface area contributed by atoms with E-state index in [1.54, 1.807) is 24.3 Å². The van der Waals surface area contributed by atoms with Crippen molar-refractivity contribution >= 4 is 11.9 Å². The number of unbranched alkanes of at least 4 members (excludes halogenated alkanes) is 2. The fourth-order valence-electron chi connectivity index (χ4n) is 4.39. The van der Waals surface area contributed by atoms with Gasteiger partial charge in [-0.1, -0.05) is 75.6 Å². The Morgan fingerprint density at radius 1 is 0.909 bits per heavy atom. The Kier molecular flexibility index (Phi) is 10.9. The number of carbonyl (C=O) groups is 2. The molecule has 0 spiro atoms. The predicted octanol–water partition coefficient (Wildman–Crippen LogP) is 7.40. The molecule has 0 aromatic heterocycles. The summed E-state index contributed by atoms with van der Waals surface area (Å²) in [4.78, 5) is 26.0. The third-order valence-electron chi connectivity index (χ3n) is 6.16. The SMILES string of the molecule is C=CCC(CCCC)(OC(=O)c1ccccc1)C(CCCC)C(C)OC(=O)c1ccccc1. The van der Waals surface area contributed by atoms with Crippen LogP contribution in [-0.4, -0.2) is 23.6 Å². The van der Waals surface area contributed by atoms with E-state index < -0.39 is 11.7 Å². The summed E-state index contributed by atoms with van der Waals surface area (Å²) < 4.78 is 12.3. The van der Waals surface area contributed by atoms with Crippen LogP contribution in [0.4, 0.5) is 0 Å². The molecular formula is C29H38O4. The van der Waals surface area contributed by atoms with Crippen LogP contribution in [0.3, 0.4) is 0 Å². The molecule has 0 heterocycles. The second kappa shape index (κ2) is 13.6. The average Bonchev–Trinajstić information content (AvgIpc) is 2.84. The molecule has 2 aromatic rings. The van der Waals surface area contributed by atoms with E-state index in [1.165, 1.54) is 0 Å². The Hall–Kier alpha value is -2.88. The number of hydrogen-bond acceptors (Lipinski definition) is 4. The van der Waals surface area contributed by atoms with E-state index in [4.69, 9.17) is 9.47 Å². The zero-order valence-corrected chi connectivity index (χ0v) is 20.3. The number of rotatable bonds is 14. The molecule has 2 aromatic carbocycles. The van der Waals surface area contributed by atoms with Gasteiger partial charge in [-0.3, -0.25) is 0 Å². The topological polar surface area (TPSA) is 52.6 Å². The molecule has 0 aliphatic rings. The minimum atomic E-state index is -0.795. The number of ether oxygens (including phenoxy) is 2. The molecule has 3 atom stereocenters. The Balaban J connectivity index is 2.39. The van der Waals surface area contributed by atoms with Gasteiger partial charge in [-0.15, -0.1) is 6.58 Å². The summed E-state index contributed by atoms with van der Waals surface area (Å²) in [5, 5.41) is 0. The molecule has 0 saturated carbocycles. The summed E-state index contributed by atoms with van der Waals surface area (Å²) in [6.07, 6.45) is 7.20. The minimum Gasteiger partial charge on any atom is -0.459 e. The van der Waals surface area contributed by atoms with Gasteiger partial charge in [0, 0.05) is 12.3 Å². The zero-order chi connectivity index (χ0) is 24.1. The highest BCUT2D eigenvalue weighted by Gasteiger charge is 2.45. The maximum Gasteiger partial charge on any atom is 0.338 e. The second-order valence-electron chi connectivity index (χ2n) is 8.64. The van der Waals surface area contributed by atoms with Crippen molar-refractivity contribution < 1.29 is 19.1 Å². The van der Waals surface area contributed by atoms with Gasteiger partial charge in [0.15, 0.2) is 0 Å². The van der Waals surface area contributed by atoms with Crippen molar-refractivity contribution in [3.05, 3.63) is 84.4 Å². The summed E-state index contributed by atoms with van der Waals surface area (Å²) in [7, 11) is 0. The monoisotopic (exact) mass is 450 g/mol. The van der Waals surface area contributed by atoms with Crippen molar-refractivity contribution in [1.29, 1.82) is 0 Å². The van der Waals surface area contributed by atoms with E-state index in [0.29, 0.717) is 24.0 Å². The first-order chi connectivity index (χ1) is 16.0. The molecule has 0 bridgehead atoms. The Morgan fingerprint density at radius 2 is 1.45 bits per heavy atom. The van der Waals surface area contributed by atoms with Gasteiger partial charge in [0.25, 0.3) is 0 Å². The van der Waals surface area contributed by atoms with E-state index in [9.17, 15) is 9.59 Å². The van der Waals surface area contributed by atoms with Crippen molar-refractivity contribution in [3.63, 3.8) is 0 Å². The van der Waals surface area contributed by atoms with Crippen molar-refractivity contribution in [2.24, 2.45) is 5.92 Å². The summed E-state index contributed by atoms with van der Waals surface area (Å²) in [6, 6.07) is 18.1. The van der Waals surface area contributed by atoms with E-state index in [0.717, 1.165) is 32.1 Å². The maximum absolute atomic E-state index is 13.2. The van der Waals surface area contributed by atoms with Crippen molar-refractivity contribution in [3.8, 4) is 0 Å². The predicted molar refractivity (Wildman–Crippen MR) is 133 cm³/mol. The van der Waals surface area contributed by atoms with Crippen LogP contribution in [-0.2, 0) is 9.47 Å². The van der Waals surface area contributed by atoms with Crippen LogP contribution in [0.15, 0.2) is 73.3 Å². The maximum atomic E-state index is 13.2. The molecule has 0 amide bonds. The van der Waals surface area contributed by atoms with Gasteiger partial charge in [0.05, 0.1) is 11.1 Å². The van der Waals surface area contributed by atoms with E-state index >= 15 is 0 Å². The first kappa shape index (κ1) is 26.4. The summed E-state index contributed by atoms with van der Waals surface area (Å²) in [5.74, 6) is -0.860.